The number of nitrogens with zero attached hydrogens (tertiary/aromatic N) is 1. The average molecular weight is 309 g/mol. The number of methoxy groups -OCH3 is 1. The summed E-state index contributed by atoms with van der Waals surface area (Å²) in [6.07, 6.45) is 3.91. The molecular formula is C15H23N3O4. The van der Waals surface area contributed by atoms with Gasteiger partial charge >= 0.3 is 12.0 Å². The summed E-state index contributed by atoms with van der Waals surface area (Å²) in [6, 6.07) is -0.342. The van der Waals surface area contributed by atoms with Crippen LogP contribution in [-0.4, -0.2) is 55.6 Å². The topological polar surface area (TPSA) is 87.7 Å². The third-order valence-corrected chi connectivity index (χ3v) is 5.22. The second-order valence-corrected chi connectivity index (χ2v) is 6.48. The van der Waals surface area contributed by atoms with E-state index in [1.807, 2.05) is 0 Å². The minimum Gasteiger partial charge on any atom is -0.469 e. The molecule has 1 aliphatic heterocycles. The van der Waals surface area contributed by atoms with Gasteiger partial charge in [0.2, 0.25) is 5.91 Å². The molecule has 2 aliphatic carbocycles. The van der Waals surface area contributed by atoms with E-state index in [-0.39, 0.29) is 36.4 Å². The number of urea groups is 1. The minimum atomic E-state index is -0.233. The van der Waals surface area contributed by atoms with Gasteiger partial charge in [-0.25, -0.2) is 4.79 Å². The molecule has 22 heavy (non-hydrogen) atoms. The zero-order chi connectivity index (χ0) is 15.7. The second kappa shape index (κ2) is 6.14. The zero-order valence-corrected chi connectivity index (χ0v) is 12.8. The predicted molar refractivity (Wildman–Crippen MR) is 77.9 cm³/mol. The maximum absolute atomic E-state index is 12.3. The minimum absolute atomic E-state index is 0.0492. The molecule has 122 valence electrons. The van der Waals surface area contributed by atoms with Gasteiger partial charge in [0.15, 0.2) is 0 Å². The first-order valence-electron chi connectivity index (χ1n) is 8.00. The number of fused-ring (bicyclic) bond motifs is 2. The van der Waals surface area contributed by atoms with Gasteiger partial charge in [0.05, 0.1) is 13.0 Å². The van der Waals surface area contributed by atoms with Crippen molar-refractivity contribution in [1.82, 2.24) is 15.5 Å². The van der Waals surface area contributed by atoms with Gasteiger partial charge < -0.3 is 20.3 Å². The van der Waals surface area contributed by atoms with Crippen molar-refractivity contribution in [2.24, 2.45) is 17.8 Å². The summed E-state index contributed by atoms with van der Waals surface area (Å²) < 4.78 is 4.90. The van der Waals surface area contributed by atoms with Crippen molar-refractivity contribution in [3.8, 4) is 0 Å². The fraction of sp³-hybridized carbons (Fsp3) is 0.800. The number of rotatable bonds is 4. The fourth-order valence-electron chi connectivity index (χ4n) is 4.21. The Morgan fingerprint density at radius 1 is 1.36 bits per heavy atom. The molecule has 0 aromatic heterocycles. The number of nitrogens with one attached hydrogen (secondary N) is 2. The van der Waals surface area contributed by atoms with Crippen molar-refractivity contribution in [2.75, 3.05) is 26.7 Å². The molecule has 7 nitrogen and oxygen atoms in total. The third kappa shape index (κ3) is 2.76. The van der Waals surface area contributed by atoms with E-state index in [1.165, 1.54) is 12.0 Å². The second-order valence-electron chi connectivity index (χ2n) is 6.48. The number of hydrogen-bond acceptors (Lipinski definition) is 4. The summed E-state index contributed by atoms with van der Waals surface area (Å²) >= 11 is 0. The summed E-state index contributed by atoms with van der Waals surface area (Å²) in [4.78, 5) is 37.4. The van der Waals surface area contributed by atoms with E-state index < -0.39 is 0 Å². The van der Waals surface area contributed by atoms with Gasteiger partial charge in [-0.2, -0.15) is 0 Å². The predicted octanol–water partition coefficient (Wildman–Crippen LogP) is 0.106. The number of esters is 1. The highest BCUT2D eigenvalue weighted by Crippen LogP contribution is 2.48. The summed E-state index contributed by atoms with van der Waals surface area (Å²) in [5.41, 5.74) is 0. The molecule has 4 unspecified atom stereocenters. The highest BCUT2D eigenvalue weighted by molar-refractivity contribution is 5.85. The van der Waals surface area contributed by atoms with E-state index in [1.54, 1.807) is 0 Å². The van der Waals surface area contributed by atoms with Gasteiger partial charge in [0.25, 0.3) is 0 Å². The van der Waals surface area contributed by atoms with Crippen LogP contribution in [0, 0.1) is 17.8 Å². The standard InChI is InChI=1S/C15H23N3O4/c1-22-14(20)12-9-3-4-10(7-9)13(12)17-11(19)8-18-6-2-5-16-15(18)21/h9-10,12-13H,2-8H2,1H3,(H,16,21)(H,17,19). The number of hydrogen-bond donors (Lipinski definition) is 2. The van der Waals surface area contributed by atoms with Gasteiger partial charge in [0.1, 0.15) is 6.54 Å². The lowest BCUT2D eigenvalue weighted by atomic mass is 9.84. The van der Waals surface area contributed by atoms with Crippen LogP contribution in [0.15, 0.2) is 0 Å². The van der Waals surface area contributed by atoms with Crippen LogP contribution in [0.5, 0.6) is 0 Å². The first-order valence-corrected chi connectivity index (χ1v) is 8.00. The number of carbonyl (C=O) groups is 3. The summed E-state index contributed by atoms with van der Waals surface area (Å²) in [7, 11) is 1.39. The van der Waals surface area contributed by atoms with E-state index in [0.717, 1.165) is 25.7 Å². The molecule has 7 heteroatoms. The van der Waals surface area contributed by atoms with Crippen LogP contribution in [0.1, 0.15) is 25.7 Å². The third-order valence-electron chi connectivity index (χ3n) is 5.22. The van der Waals surface area contributed by atoms with E-state index in [4.69, 9.17) is 4.74 Å². The van der Waals surface area contributed by atoms with Crippen LogP contribution in [-0.2, 0) is 14.3 Å². The maximum Gasteiger partial charge on any atom is 0.317 e. The fourth-order valence-corrected chi connectivity index (χ4v) is 4.21. The van der Waals surface area contributed by atoms with E-state index >= 15 is 0 Å². The molecule has 1 heterocycles. The number of ether oxygens (including phenoxy) is 1. The van der Waals surface area contributed by atoms with Crippen molar-refractivity contribution in [3.05, 3.63) is 0 Å². The van der Waals surface area contributed by atoms with E-state index in [0.29, 0.717) is 24.9 Å². The maximum atomic E-state index is 12.3. The Morgan fingerprint density at radius 3 is 2.86 bits per heavy atom. The van der Waals surface area contributed by atoms with Crippen LogP contribution in [0.3, 0.4) is 0 Å². The van der Waals surface area contributed by atoms with Gasteiger partial charge in [-0.15, -0.1) is 0 Å². The Morgan fingerprint density at radius 2 is 2.14 bits per heavy atom. The lowest BCUT2D eigenvalue weighted by Gasteiger charge is -2.31. The number of amides is 3. The largest absolute Gasteiger partial charge is 0.469 e. The van der Waals surface area contributed by atoms with Crippen molar-refractivity contribution >= 4 is 17.9 Å². The summed E-state index contributed by atoms with van der Waals surface area (Å²) in [5.74, 6) is 0.0221. The smallest absolute Gasteiger partial charge is 0.317 e. The SMILES string of the molecule is COC(=O)C1C2CCC(C2)C1NC(=O)CN1CCCNC1=O. The molecule has 0 aromatic rings. The monoisotopic (exact) mass is 309 g/mol. The molecule has 3 amide bonds. The van der Waals surface area contributed by atoms with Gasteiger partial charge in [0, 0.05) is 19.1 Å². The Hall–Kier alpha value is -1.79. The Bertz CT molecular complexity index is 481. The Balaban J connectivity index is 1.60. The van der Waals surface area contributed by atoms with Crippen LogP contribution >= 0.6 is 0 Å². The highest BCUT2D eigenvalue weighted by atomic mass is 16.5. The first-order chi connectivity index (χ1) is 10.6. The van der Waals surface area contributed by atoms with Crippen molar-refractivity contribution in [1.29, 1.82) is 0 Å². The molecule has 1 saturated heterocycles. The van der Waals surface area contributed by atoms with Crippen LogP contribution in [0.2, 0.25) is 0 Å². The van der Waals surface area contributed by atoms with E-state index in [9.17, 15) is 14.4 Å². The Kier molecular flexibility index (Phi) is 4.22. The molecule has 0 spiro atoms. The molecule has 3 aliphatic rings. The van der Waals surface area contributed by atoms with Crippen LogP contribution < -0.4 is 10.6 Å². The van der Waals surface area contributed by atoms with Crippen molar-refractivity contribution < 1.29 is 19.1 Å². The van der Waals surface area contributed by atoms with Crippen LogP contribution in [0.4, 0.5) is 4.79 Å². The zero-order valence-electron chi connectivity index (χ0n) is 12.8. The molecule has 2 saturated carbocycles. The van der Waals surface area contributed by atoms with Gasteiger partial charge in [-0.05, 0) is 37.5 Å². The van der Waals surface area contributed by atoms with Crippen molar-refractivity contribution in [2.45, 2.75) is 31.7 Å². The van der Waals surface area contributed by atoms with Crippen LogP contribution in [0.25, 0.3) is 0 Å². The van der Waals surface area contributed by atoms with Crippen molar-refractivity contribution in [3.63, 3.8) is 0 Å². The lowest BCUT2D eigenvalue weighted by Crippen LogP contribution is -2.53. The highest BCUT2D eigenvalue weighted by Gasteiger charge is 2.52. The molecule has 4 atom stereocenters. The molecule has 3 fully saturated rings. The molecule has 0 radical (unpaired) electrons. The first kappa shape index (κ1) is 15.1. The van der Waals surface area contributed by atoms with Gasteiger partial charge in [-0.1, -0.05) is 0 Å². The number of carbonyl (C=O) groups excluding carboxylic acids is 3. The summed E-state index contributed by atoms with van der Waals surface area (Å²) in [5, 5.41) is 5.71. The lowest BCUT2D eigenvalue weighted by molar-refractivity contribution is -0.148. The molecule has 3 rings (SSSR count). The normalized spacial score (nSPS) is 33.5. The molecule has 0 aromatic carbocycles. The quantitative estimate of drug-likeness (QED) is 0.721. The molecular weight excluding hydrogens is 286 g/mol. The van der Waals surface area contributed by atoms with Gasteiger partial charge in [-0.3, -0.25) is 9.59 Å². The molecule has 2 bridgehead atoms. The van der Waals surface area contributed by atoms with E-state index in [2.05, 4.69) is 10.6 Å². The summed E-state index contributed by atoms with van der Waals surface area (Å²) in [6.45, 7) is 1.30. The average Bonchev–Trinajstić information content (AvgIpc) is 3.10. The molecule has 2 N–H and O–H groups in total. The Labute approximate surface area is 129 Å².